The first-order chi connectivity index (χ1) is 6.52. The van der Waals surface area contributed by atoms with E-state index in [4.69, 9.17) is 5.73 Å². The molecule has 1 amide bonds. The van der Waals surface area contributed by atoms with E-state index in [1.807, 2.05) is 13.8 Å². The van der Waals surface area contributed by atoms with E-state index in [2.05, 4.69) is 10.1 Å². The van der Waals surface area contributed by atoms with Gasteiger partial charge in [0, 0.05) is 6.04 Å². The molecule has 5 nitrogen and oxygen atoms in total. The van der Waals surface area contributed by atoms with Gasteiger partial charge < -0.3 is 15.8 Å². The fourth-order valence-corrected chi connectivity index (χ4v) is 0.774. The maximum atomic E-state index is 11.3. The predicted octanol–water partition coefficient (Wildman–Crippen LogP) is -0.208. The van der Waals surface area contributed by atoms with Crippen LogP contribution in [0.25, 0.3) is 0 Å². The Hall–Kier alpha value is -1.10. The lowest BCUT2D eigenvalue weighted by Crippen LogP contribution is -2.49. The minimum atomic E-state index is -1.22. The highest BCUT2D eigenvalue weighted by Crippen LogP contribution is 1.91. The van der Waals surface area contributed by atoms with Crippen LogP contribution in [0.1, 0.15) is 27.2 Å². The molecule has 0 aromatic heterocycles. The Morgan fingerprint density at radius 1 is 1.43 bits per heavy atom. The van der Waals surface area contributed by atoms with Crippen molar-refractivity contribution in [3.63, 3.8) is 0 Å². The van der Waals surface area contributed by atoms with E-state index < -0.39 is 17.9 Å². The fraction of sp³-hybridized carbons (Fsp3) is 0.778. The third-order valence-electron chi connectivity index (χ3n) is 1.82. The Labute approximate surface area is 84.0 Å². The van der Waals surface area contributed by atoms with Crippen LogP contribution in [-0.4, -0.2) is 30.6 Å². The summed E-state index contributed by atoms with van der Waals surface area (Å²) in [5.74, 6) is -1.17. The van der Waals surface area contributed by atoms with Crippen molar-refractivity contribution in [2.24, 2.45) is 5.73 Å². The lowest BCUT2D eigenvalue weighted by atomic mass is 10.2. The highest BCUT2D eigenvalue weighted by Gasteiger charge is 2.23. The van der Waals surface area contributed by atoms with Gasteiger partial charge in [0.1, 0.15) is 0 Å². The van der Waals surface area contributed by atoms with Crippen LogP contribution in [0.4, 0.5) is 0 Å². The van der Waals surface area contributed by atoms with Gasteiger partial charge in [-0.1, -0.05) is 6.92 Å². The summed E-state index contributed by atoms with van der Waals surface area (Å²) in [6.45, 7) is 5.66. The fourth-order valence-electron chi connectivity index (χ4n) is 0.774. The second-order valence-corrected chi connectivity index (χ2v) is 3.05. The number of hydrogen-bond acceptors (Lipinski definition) is 4. The van der Waals surface area contributed by atoms with Crippen LogP contribution in [0.15, 0.2) is 0 Å². The molecule has 0 fully saturated rings. The van der Waals surface area contributed by atoms with E-state index >= 15 is 0 Å². The minimum Gasteiger partial charge on any atom is -0.464 e. The number of nitrogens with two attached hydrogens (primary N) is 1. The molecule has 2 unspecified atom stereocenters. The number of ether oxygens (including phenoxy) is 1. The van der Waals surface area contributed by atoms with Crippen LogP contribution in [0.2, 0.25) is 0 Å². The number of rotatable bonds is 5. The maximum Gasteiger partial charge on any atom is 0.332 e. The molecule has 0 heterocycles. The van der Waals surface area contributed by atoms with Crippen LogP contribution in [0.3, 0.4) is 0 Å². The van der Waals surface area contributed by atoms with Crippen molar-refractivity contribution in [3.8, 4) is 0 Å². The summed E-state index contributed by atoms with van der Waals surface area (Å²) in [5, 5.41) is 2.60. The second-order valence-electron chi connectivity index (χ2n) is 3.05. The van der Waals surface area contributed by atoms with E-state index in [-0.39, 0.29) is 12.6 Å². The monoisotopic (exact) mass is 202 g/mol. The third kappa shape index (κ3) is 4.23. The highest BCUT2D eigenvalue weighted by atomic mass is 16.5. The van der Waals surface area contributed by atoms with Crippen LogP contribution in [-0.2, 0) is 14.3 Å². The standard InChI is InChI=1S/C9H18N2O3/c1-4-6(3)11-8(12)7(10)9(13)14-5-2/h6-7H,4-5,10H2,1-3H3,(H,11,12). The average molecular weight is 202 g/mol. The molecule has 0 aliphatic heterocycles. The Morgan fingerprint density at radius 3 is 2.43 bits per heavy atom. The zero-order valence-electron chi connectivity index (χ0n) is 8.87. The minimum absolute atomic E-state index is 0.0166. The van der Waals surface area contributed by atoms with Gasteiger partial charge in [-0.25, -0.2) is 4.79 Å². The van der Waals surface area contributed by atoms with Crippen LogP contribution < -0.4 is 11.1 Å². The Kier molecular flexibility index (Phi) is 5.87. The molecule has 3 N–H and O–H groups in total. The van der Waals surface area contributed by atoms with Gasteiger partial charge >= 0.3 is 5.97 Å². The summed E-state index contributed by atoms with van der Waals surface area (Å²) in [4.78, 5) is 22.3. The smallest absolute Gasteiger partial charge is 0.332 e. The Morgan fingerprint density at radius 2 is 2.00 bits per heavy atom. The number of hydrogen-bond donors (Lipinski definition) is 2. The van der Waals surface area contributed by atoms with E-state index in [0.717, 1.165) is 6.42 Å². The van der Waals surface area contributed by atoms with Crippen LogP contribution >= 0.6 is 0 Å². The molecule has 2 atom stereocenters. The Bertz CT molecular complexity index is 206. The molecule has 5 heteroatoms. The van der Waals surface area contributed by atoms with Gasteiger partial charge in [-0.3, -0.25) is 4.79 Å². The molecule has 0 aliphatic rings. The zero-order chi connectivity index (χ0) is 11.1. The van der Waals surface area contributed by atoms with E-state index in [9.17, 15) is 9.59 Å². The molecule has 14 heavy (non-hydrogen) atoms. The molecule has 0 spiro atoms. The van der Waals surface area contributed by atoms with Gasteiger partial charge in [0.05, 0.1) is 6.61 Å². The van der Waals surface area contributed by atoms with Crippen molar-refractivity contribution in [2.45, 2.75) is 39.3 Å². The normalized spacial score (nSPS) is 14.3. The van der Waals surface area contributed by atoms with Gasteiger partial charge in [-0.15, -0.1) is 0 Å². The van der Waals surface area contributed by atoms with Crippen molar-refractivity contribution in [1.29, 1.82) is 0 Å². The van der Waals surface area contributed by atoms with Gasteiger partial charge in [-0.2, -0.15) is 0 Å². The Balaban J connectivity index is 4.04. The molecular formula is C9H18N2O3. The molecule has 0 radical (unpaired) electrons. The summed E-state index contributed by atoms with van der Waals surface area (Å²) in [6.07, 6.45) is 0.793. The molecule has 0 aromatic rings. The number of nitrogens with one attached hydrogen (secondary N) is 1. The second kappa shape index (κ2) is 6.37. The molecule has 0 bridgehead atoms. The number of amides is 1. The van der Waals surface area contributed by atoms with Crippen molar-refractivity contribution in [2.75, 3.05) is 6.61 Å². The summed E-state index contributed by atoms with van der Waals surface area (Å²) >= 11 is 0. The lowest BCUT2D eigenvalue weighted by Gasteiger charge is -2.14. The summed E-state index contributed by atoms with van der Waals surface area (Å²) < 4.78 is 4.62. The third-order valence-corrected chi connectivity index (χ3v) is 1.82. The van der Waals surface area contributed by atoms with E-state index in [0.29, 0.717) is 0 Å². The summed E-state index contributed by atoms with van der Waals surface area (Å²) in [7, 11) is 0. The first-order valence-corrected chi connectivity index (χ1v) is 4.75. The van der Waals surface area contributed by atoms with Gasteiger partial charge in [0.25, 0.3) is 0 Å². The highest BCUT2D eigenvalue weighted by molar-refractivity contribution is 6.01. The average Bonchev–Trinajstić information content (AvgIpc) is 2.16. The topological polar surface area (TPSA) is 81.4 Å². The molecule has 0 aliphatic carbocycles. The van der Waals surface area contributed by atoms with Gasteiger partial charge in [0.2, 0.25) is 5.91 Å². The van der Waals surface area contributed by atoms with Crippen molar-refractivity contribution in [1.82, 2.24) is 5.32 Å². The number of esters is 1. The SMILES string of the molecule is CCOC(=O)C(N)C(=O)NC(C)CC. The summed E-state index contributed by atoms with van der Waals surface area (Å²) in [6, 6.07) is -1.20. The van der Waals surface area contributed by atoms with Gasteiger partial charge in [-0.05, 0) is 20.3 Å². The molecule has 0 aromatic carbocycles. The lowest BCUT2D eigenvalue weighted by molar-refractivity contribution is -0.148. The maximum absolute atomic E-state index is 11.3. The quantitative estimate of drug-likeness (QED) is 0.477. The van der Waals surface area contributed by atoms with Crippen molar-refractivity contribution >= 4 is 11.9 Å². The van der Waals surface area contributed by atoms with E-state index in [1.54, 1.807) is 6.92 Å². The van der Waals surface area contributed by atoms with Crippen molar-refractivity contribution < 1.29 is 14.3 Å². The predicted molar refractivity (Wildman–Crippen MR) is 52.5 cm³/mol. The molecule has 0 saturated heterocycles. The van der Waals surface area contributed by atoms with Crippen LogP contribution in [0.5, 0.6) is 0 Å². The van der Waals surface area contributed by atoms with Crippen molar-refractivity contribution in [3.05, 3.63) is 0 Å². The van der Waals surface area contributed by atoms with Crippen LogP contribution in [0, 0.1) is 0 Å². The first kappa shape index (κ1) is 12.9. The number of carbonyl (C=O) groups is 2. The molecule has 0 rings (SSSR count). The molecular weight excluding hydrogens is 184 g/mol. The first-order valence-electron chi connectivity index (χ1n) is 4.75. The van der Waals surface area contributed by atoms with E-state index in [1.165, 1.54) is 0 Å². The number of carbonyl (C=O) groups excluding carboxylic acids is 2. The largest absolute Gasteiger partial charge is 0.464 e. The summed E-state index contributed by atoms with van der Waals surface area (Å²) in [5.41, 5.74) is 5.36. The molecule has 0 saturated carbocycles. The molecule has 82 valence electrons. The zero-order valence-corrected chi connectivity index (χ0v) is 8.87. The van der Waals surface area contributed by atoms with Gasteiger partial charge in [0.15, 0.2) is 6.04 Å².